The number of anilines is 1. The van der Waals surface area contributed by atoms with Crippen molar-refractivity contribution in [3.63, 3.8) is 0 Å². The van der Waals surface area contributed by atoms with Crippen LogP contribution in [0.3, 0.4) is 0 Å². The molecule has 0 radical (unpaired) electrons. The van der Waals surface area contributed by atoms with Gasteiger partial charge in [-0.15, -0.1) is 0 Å². The normalized spacial score (nSPS) is 13.8. The minimum Gasteiger partial charge on any atom is -0.507 e. The number of piperazine rings is 1. The summed E-state index contributed by atoms with van der Waals surface area (Å²) in [4.78, 5) is 41.9. The number of aryl methyl sites for hydroxylation is 2. The van der Waals surface area contributed by atoms with Crippen molar-refractivity contribution in [2.45, 2.75) is 33.6 Å². The van der Waals surface area contributed by atoms with Gasteiger partial charge in [0, 0.05) is 55.6 Å². The number of nitrogens with zero attached hydrogens (tertiary/aromatic N) is 10. The molecule has 272 valence electrons. The van der Waals surface area contributed by atoms with Crippen molar-refractivity contribution in [1.82, 2.24) is 38.3 Å². The van der Waals surface area contributed by atoms with Crippen molar-refractivity contribution in [2.75, 3.05) is 31.1 Å². The topological polar surface area (TPSA) is 161 Å². The highest BCUT2D eigenvalue weighted by atomic mass is 32.1. The van der Waals surface area contributed by atoms with E-state index in [9.17, 15) is 24.6 Å². The summed E-state index contributed by atoms with van der Waals surface area (Å²) < 4.78 is 23.5. The highest BCUT2D eigenvalue weighted by molar-refractivity contribution is 7.71. The van der Waals surface area contributed by atoms with Gasteiger partial charge in [0.25, 0.3) is 0 Å². The molecule has 1 aliphatic heterocycles. The summed E-state index contributed by atoms with van der Waals surface area (Å²) >= 11 is 5.92. The number of carboxylic acid groups (broad SMARTS) is 1. The van der Waals surface area contributed by atoms with Gasteiger partial charge in [0.15, 0.2) is 11.6 Å². The number of phenols is 1. The lowest BCUT2D eigenvalue weighted by Crippen LogP contribution is -2.47. The molecule has 53 heavy (non-hydrogen) atoms. The monoisotopic (exact) mass is 738 g/mol. The summed E-state index contributed by atoms with van der Waals surface area (Å²) in [5.41, 5.74) is 0.396. The minimum absolute atomic E-state index is 0.00384. The lowest BCUT2D eigenvalue weighted by Gasteiger charge is -2.36. The van der Waals surface area contributed by atoms with E-state index in [1.807, 2.05) is 42.2 Å². The van der Waals surface area contributed by atoms with Gasteiger partial charge in [-0.3, -0.25) is 14.3 Å². The Bertz CT molecular complexity index is 2560. The van der Waals surface area contributed by atoms with Gasteiger partial charge >= 0.3 is 11.7 Å². The van der Waals surface area contributed by atoms with Crippen LogP contribution in [0.2, 0.25) is 0 Å². The Kier molecular flexibility index (Phi) is 9.59. The Morgan fingerprint density at radius 3 is 2.42 bits per heavy atom. The van der Waals surface area contributed by atoms with Crippen LogP contribution in [-0.4, -0.2) is 86.8 Å². The number of rotatable bonds is 10. The average Bonchev–Trinajstić information content (AvgIpc) is 3.60. The molecule has 0 spiro atoms. The number of carbonyl (C=O) groups is 1. The molecule has 1 fully saturated rings. The van der Waals surface area contributed by atoms with E-state index in [2.05, 4.69) is 15.1 Å². The first-order chi connectivity index (χ1) is 25.5. The van der Waals surface area contributed by atoms with Gasteiger partial charge in [0.05, 0.1) is 24.1 Å². The Balaban J connectivity index is 1.13. The van der Waals surface area contributed by atoms with E-state index < -0.39 is 28.5 Å². The maximum Gasteiger partial charge on any atom is 0.367 e. The average molecular weight is 739 g/mol. The molecule has 1 saturated heterocycles. The molecule has 4 heterocycles. The van der Waals surface area contributed by atoms with Crippen LogP contribution >= 0.6 is 12.2 Å². The summed E-state index contributed by atoms with van der Waals surface area (Å²) in [6.45, 7) is 6.25. The molecular weight excluding hydrogens is 704 g/mol. The molecule has 15 nitrogen and oxygen atoms in total. The number of phenolic OH excluding ortho intramolecular Hbond substituents is 1. The van der Waals surface area contributed by atoms with Gasteiger partial charge in [-0.05, 0) is 62.5 Å². The van der Waals surface area contributed by atoms with Crippen LogP contribution in [0.4, 0.5) is 10.1 Å². The van der Waals surface area contributed by atoms with Crippen molar-refractivity contribution in [1.29, 1.82) is 0 Å². The summed E-state index contributed by atoms with van der Waals surface area (Å²) in [6, 6.07) is 18.8. The lowest BCUT2D eigenvalue weighted by atomic mass is 10.1. The Morgan fingerprint density at radius 2 is 1.72 bits per heavy atom. The second-order valence-corrected chi connectivity index (χ2v) is 12.9. The van der Waals surface area contributed by atoms with E-state index in [0.717, 1.165) is 16.4 Å². The molecule has 6 aromatic rings. The van der Waals surface area contributed by atoms with E-state index in [1.54, 1.807) is 45.0 Å². The molecule has 0 saturated carbocycles. The SMILES string of the molecule is CCn1cc(C(=O)O)c(=O)c2cc(F)c(N3CCN(Cn4nc(Cn5nc(C)n(/N=C/c6ccccc6O)c5=O)n(-c5ccccc5)c4=S)CC3)cc21. The second-order valence-electron chi connectivity index (χ2n) is 12.5. The number of pyridine rings is 1. The Morgan fingerprint density at radius 1 is 1.00 bits per heavy atom. The molecule has 2 N–H and O–H groups in total. The van der Waals surface area contributed by atoms with Gasteiger partial charge in [-0.2, -0.15) is 20.0 Å². The van der Waals surface area contributed by atoms with Crippen molar-refractivity contribution in [2.24, 2.45) is 5.10 Å². The number of aromatic hydroxyl groups is 1. The fourth-order valence-corrected chi connectivity index (χ4v) is 6.76. The first-order valence-corrected chi connectivity index (χ1v) is 17.2. The molecule has 0 aliphatic carbocycles. The number of aromatic nitrogens is 7. The fraction of sp³-hybridized carbons (Fsp3) is 0.250. The maximum atomic E-state index is 15.5. The van der Waals surface area contributed by atoms with Crippen LogP contribution in [0.5, 0.6) is 5.75 Å². The van der Waals surface area contributed by atoms with Gasteiger partial charge in [-0.25, -0.2) is 23.3 Å². The summed E-state index contributed by atoms with van der Waals surface area (Å²) in [7, 11) is 0. The largest absolute Gasteiger partial charge is 0.507 e. The van der Waals surface area contributed by atoms with Crippen molar-refractivity contribution in [3.8, 4) is 11.4 Å². The van der Waals surface area contributed by atoms with E-state index in [4.69, 9.17) is 17.3 Å². The molecule has 3 aromatic carbocycles. The van der Waals surface area contributed by atoms with Crippen molar-refractivity contribution in [3.05, 3.63) is 127 Å². The van der Waals surface area contributed by atoms with E-state index in [0.29, 0.717) is 72.6 Å². The van der Waals surface area contributed by atoms with E-state index >= 15 is 4.39 Å². The highest BCUT2D eigenvalue weighted by Gasteiger charge is 2.24. The molecule has 1 aliphatic rings. The number of hydrogen-bond acceptors (Lipinski definition) is 10. The number of hydrogen-bond donors (Lipinski definition) is 2. The summed E-state index contributed by atoms with van der Waals surface area (Å²) in [6.07, 6.45) is 2.69. The number of para-hydroxylation sites is 2. The molecule has 0 unspecified atom stereocenters. The van der Waals surface area contributed by atoms with Gasteiger partial charge < -0.3 is 19.7 Å². The molecule has 0 bridgehead atoms. The van der Waals surface area contributed by atoms with Crippen LogP contribution in [-0.2, 0) is 19.8 Å². The standard InChI is InChI=1S/C36H35FN10O5S/c1-3-42-20-27(34(50)51)33(49)26-17-28(37)30(18-29(26)42)43-15-13-41(14-16-43)22-45-36(53)46(25-10-5-4-6-11-25)32(40-45)21-44-35(52)47(23(2)39-44)38-19-24-9-7-8-12-31(24)48/h4-12,17-20,48H,3,13-16,21-22H2,1-2H3,(H,50,51)/b38-19+. The highest BCUT2D eigenvalue weighted by Crippen LogP contribution is 2.27. The van der Waals surface area contributed by atoms with Crippen LogP contribution in [0.15, 0.2) is 87.6 Å². The smallest absolute Gasteiger partial charge is 0.367 e. The predicted molar refractivity (Wildman–Crippen MR) is 198 cm³/mol. The Hall–Kier alpha value is -6.20. The van der Waals surface area contributed by atoms with Crippen LogP contribution < -0.4 is 16.0 Å². The molecule has 0 amide bonds. The maximum absolute atomic E-state index is 15.5. The number of halogens is 1. The molecule has 7 rings (SSSR count). The Labute approximate surface area is 306 Å². The molecule has 17 heteroatoms. The number of benzene rings is 3. The minimum atomic E-state index is -1.35. The van der Waals surface area contributed by atoms with E-state index in [-0.39, 0.29) is 17.7 Å². The summed E-state index contributed by atoms with van der Waals surface area (Å²) in [5.74, 6) is -1.10. The zero-order chi connectivity index (χ0) is 37.4. The number of carboxylic acids is 1. The zero-order valence-corrected chi connectivity index (χ0v) is 29.6. The number of aromatic carboxylic acids is 1. The fourth-order valence-electron chi connectivity index (χ4n) is 6.45. The van der Waals surface area contributed by atoms with Crippen LogP contribution in [0.25, 0.3) is 16.6 Å². The van der Waals surface area contributed by atoms with Gasteiger partial charge in [0.1, 0.15) is 23.7 Å². The number of fused-ring (bicyclic) bond motifs is 1. The second kappa shape index (κ2) is 14.4. The first-order valence-electron chi connectivity index (χ1n) is 16.8. The zero-order valence-electron chi connectivity index (χ0n) is 28.8. The molecule has 3 aromatic heterocycles. The third kappa shape index (κ3) is 6.78. The first kappa shape index (κ1) is 35.2. The quantitative estimate of drug-likeness (QED) is 0.157. The van der Waals surface area contributed by atoms with E-state index in [1.165, 1.54) is 23.2 Å². The van der Waals surface area contributed by atoms with Crippen molar-refractivity contribution >= 4 is 41.0 Å². The molecule has 0 atom stereocenters. The van der Waals surface area contributed by atoms with Crippen LogP contribution in [0, 0.1) is 17.5 Å². The third-order valence-electron chi connectivity index (χ3n) is 9.20. The van der Waals surface area contributed by atoms with Crippen LogP contribution in [0.1, 0.15) is 34.5 Å². The molecular formula is C36H35FN10O5S. The summed E-state index contributed by atoms with van der Waals surface area (Å²) in [5, 5.41) is 33.1. The lowest BCUT2D eigenvalue weighted by molar-refractivity contribution is 0.0694. The van der Waals surface area contributed by atoms with Crippen molar-refractivity contribution < 1.29 is 19.4 Å². The predicted octanol–water partition coefficient (Wildman–Crippen LogP) is 3.66. The van der Waals surface area contributed by atoms with Gasteiger partial charge in [0.2, 0.25) is 10.2 Å². The van der Waals surface area contributed by atoms with Gasteiger partial charge in [-0.1, -0.05) is 30.3 Å². The third-order valence-corrected chi connectivity index (χ3v) is 9.60.